The van der Waals surface area contributed by atoms with Crippen LogP contribution in [0.5, 0.6) is 11.5 Å². The first-order valence-corrected chi connectivity index (χ1v) is 13.6. The molecular weight excluding hydrogens is 548 g/mol. The second-order valence-electron chi connectivity index (χ2n) is 9.75. The van der Waals surface area contributed by atoms with E-state index < -0.39 is 34.9 Å². The number of carbonyl (C=O) groups is 3. The van der Waals surface area contributed by atoms with Crippen LogP contribution >= 0.6 is 0 Å². The van der Waals surface area contributed by atoms with Crippen molar-refractivity contribution in [1.82, 2.24) is 0 Å². The van der Waals surface area contributed by atoms with E-state index in [2.05, 4.69) is 0 Å². The van der Waals surface area contributed by atoms with Crippen LogP contribution in [0.2, 0.25) is 0 Å². The number of nitrogens with zero attached hydrogens (tertiary/aromatic N) is 1. The summed E-state index contributed by atoms with van der Waals surface area (Å²) in [5.41, 5.74) is 0.978. The molecule has 218 valence electrons. The van der Waals surface area contributed by atoms with Gasteiger partial charge in [0.15, 0.2) is 11.6 Å². The Morgan fingerprint density at radius 2 is 1.43 bits per heavy atom. The summed E-state index contributed by atoms with van der Waals surface area (Å²) >= 11 is 0. The first-order chi connectivity index (χ1) is 20.3. The first-order valence-electron chi connectivity index (χ1n) is 13.6. The van der Waals surface area contributed by atoms with E-state index in [4.69, 9.17) is 24.2 Å². The Bertz CT molecular complexity index is 1450. The van der Waals surface area contributed by atoms with Crippen molar-refractivity contribution in [2.24, 2.45) is 0 Å². The van der Waals surface area contributed by atoms with Gasteiger partial charge in [-0.3, -0.25) is 4.79 Å². The van der Waals surface area contributed by atoms with Crippen molar-refractivity contribution < 1.29 is 42.1 Å². The van der Waals surface area contributed by atoms with Gasteiger partial charge in [0, 0.05) is 0 Å². The van der Waals surface area contributed by atoms with Gasteiger partial charge in [-0.15, -0.1) is 0 Å². The predicted molar refractivity (Wildman–Crippen MR) is 146 cm³/mol. The fourth-order valence-electron chi connectivity index (χ4n) is 4.07. The van der Waals surface area contributed by atoms with Crippen LogP contribution < -0.4 is 9.47 Å². The summed E-state index contributed by atoms with van der Waals surface area (Å²) in [5, 5.41) is 8.75. The van der Waals surface area contributed by atoms with Gasteiger partial charge in [-0.25, -0.2) is 14.0 Å². The van der Waals surface area contributed by atoms with Gasteiger partial charge in [-0.05, 0) is 73.4 Å². The van der Waals surface area contributed by atoms with E-state index in [0.29, 0.717) is 25.2 Å². The molecule has 42 heavy (non-hydrogen) atoms. The van der Waals surface area contributed by atoms with Crippen LogP contribution in [0, 0.1) is 23.0 Å². The third-order valence-corrected chi connectivity index (χ3v) is 6.53. The van der Waals surface area contributed by atoms with E-state index >= 15 is 0 Å². The van der Waals surface area contributed by atoms with Gasteiger partial charge in [0.1, 0.15) is 11.8 Å². The fourth-order valence-corrected chi connectivity index (χ4v) is 4.07. The highest BCUT2D eigenvalue weighted by Crippen LogP contribution is 2.24. The number of benzene rings is 3. The van der Waals surface area contributed by atoms with E-state index in [9.17, 15) is 23.2 Å². The molecule has 0 N–H and O–H groups in total. The number of unbranched alkanes of at least 4 members (excludes halogenated alkanes) is 4. The summed E-state index contributed by atoms with van der Waals surface area (Å²) in [5.74, 6) is -5.02. The van der Waals surface area contributed by atoms with Crippen LogP contribution in [0.3, 0.4) is 0 Å². The van der Waals surface area contributed by atoms with Crippen LogP contribution in [-0.2, 0) is 20.7 Å². The van der Waals surface area contributed by atoms with Crippen LogP contribution in [0.25, 0.3) is 0 Å². The molecule has 0 spiro atoms. The standard InChI is InChI=1S/C32H29F2NO7/c33-29-24(19-35)13-16-27(30(29)34)42-32(38)23-11-14-25(15-12-23)41-31(37)22-9-7-21(8-10-22)6-4-2-1-3-5-17-39-28(36)18-26-20-40-26/h7-16,26H,1-6,17-18,20H2. The Hall–Kier alpha value is -4.62. The molecule has 0 saturated carbocycles. The average Bonchev–Trinajstić information content (AvgIpc) is 3.81. The molecule has 0 radical (unpaired) electrons. The Balaban J connectivity index is 1.15. The maximum atomic E-state index is 14.0. The Morgan fingerprint density at radius 3 is 2.10 bits per heavy atom. The van der Waals surface area contributed by atoms with Gasteiger partial charge in [0.05, 0.1) is 42.4 Å². The van der Waals surface area contributed by atoms with Crippen LogP contribution in [-0.4, -0.2) is 37.2 Å². The first kappa shape index (κ1) is 30.3. The normalized spacial score (nSPS) is 13.6. The smallest absolute Gasteiger partial charge is 0.343 e. The highest BCUT2D eigenvalue weighted by atomic mass is 19.2. The van der Waals surface area contributed by atoms with E-state index in [1.54, 1.807) is 12.1 Å². The largest absolute Gasteiger partial charge is 0.466 e. The number of ether oxygens (including phenoxy) is 4. The summed E-state index contributed by atoms with van der Waals surface area (Å²) in [6.07, 6.45) is 6.23. The molecule has 1 unspecified atom stereocenters. The summed E-state index contributed by atoms with van der Waals surface area (Å²) < 4.78 is 48.2. The third kappa shape index (κ3) is 8.94. The number of aryl methyl sites for hydroxylation is 1. The topological polar surface area (TPSA) is 115 Å². The molecule has 3 aromatic rings. The van der Waals surface area contributed by atoms with E-state index in [1.807, 2.05) is 12.1 Å². The van der Waals surface area contributed by atoms with Gasteiger partial charge in [-0.2, -0.15) is 9.65 Å². The zero-order valence-corrected chi connectivity index (χ0v) is 22.8. The molecule has 0 amide bonds. The minimum Gasteiger partial charge on any atom is -0.466 e. The second kappa shape index (κ2) is 14.8. The monoisotopic (exact) mass is 577 g/mol. The minimum absolute atomic E-state index is 0.0196. The second-order valence-corrected chi connectivity index (χ2v) is 9.75. The van der Waals surface area contributed by atoms with Crippen LogP contribution in [0.4, 0.5) is 8.78 Å². The highest BCUT2D eigenvalue weighted by Gasteiger charge is 2.26. The molecule has 4 rings (SSSR count). The Kier molecular flexibility index (Phi) is 10.7. The van der Waals surface area contributed by atoms with Crippen molar-refractivity contribution in [3.8, 4) is 17.6 Å². The molecule has 1 atom stereocenters. The number of carbonyl (C=O) groups excluding carboxylic acids is 3. The molecule has 0 aromatic heterocycles. The van der Waals surface area contributed by atoms with Gasteiger partial charge in [0.25, 0.3) is 0 Å². The number of nitriles is 1. The zero-order chi connectivity index (χ0) is 29.9. The van der Waals surface area contributed by atoms with Crippen molar-refractivity contribution in [2.75, 3.05) is 13.2 Å². The van der Waals surface area contributed by atoms with Gasteiger partial charge < -0.3 is 18.9 Å². The van der Waals surface area contributed by atoms with Gasteiger partial charge in [-0.1, -0.05) is 31.4 Å². The molecule has 1 aliphatic heterocycles. The lowest BCUT2D eigenvalue weighted by molar-refractivity contribution is -0.144. The lowest BCUT2D eigenvalue weighted by atomic mass is 10.0. The SMILES string of the molecule is N#Cc1ccc(OC(=O)c2ccc(OC(=O)c3ccc(CCCCCCCOC(=O)CC4CO4)cc3)cc2)c(F)c1F. The molecular formula is C32H29F2NO7. The van der Waals surface area contributed by atoms with Crippen LogP contribution in [0.1, 0.15) is 70.4 Å². The highest BCUT2D eigenvalue weighted by molar-refractivity contribution is 5.92. The third-order valence-electron chi connectivity index (χ3n) is 6.53. The van der Waals surface area contributed by atoms with Crippen molar-refractivity contribution in [1.29, 1.82) is 5.26 Å². The van der Waals surface area contributed by atoms with Crippen molar-refractivity contribution in [3.05, 3.63) is 94.6 Å². The maximum Gasteiger partial charge on any atom is 0.343 e. The predicted octanol–water partition coefficient (Wildman–Crippen LogP) is 6.10. The van der Waals surface area contributed by atoms with Crippen molar-refractivity contribution in [3.63, 3.8) is 0 Å². The number of esters is 3. The zero-order valence-electron chi connectivity index (χ0n) is 22.8. The number of rotatable bonds is 14. The fraction of sp³-hybridized carbons (Fsp3) is 0.312. The molecule has 0 bridgehead atoms. The lowest BCUT2D eigenvalue weighted by Gasteiger charge is -2.08. The lowest BCUT2D eigenvalue weighted by Crippen LogP contribution is -2.11. The molecule has 8 nitrogen and oxygen atoms in total. The molecule has 0 aliphatic carbocycles. The van der Waals surface area contributed by atoms with E-state index in [0.717, 1.165) is 56.2 Å². The quantitative estimate of drug-likeness (QED) is 0.0977. The number of hydrogen-bond acceptors (Lipinski definition) is 8. The summed E-state index contributed by atoms with van der Waals surface area (Å²) in [4.78, 5) is 36.3. The molecule has 3 aromatic carbocycles. The average molecular weight is 578 g/mol. The number of halogens is 2. The van der Waals surface area contributed by atoms with Gasteiger partial charge >= 0.3 is 17.9 Å². The van der Waals surface area contributed by atoms with Crippen molar-refractivity contribution in [2.45, 2.75) is 51.0 Å². The number of hydrogen-bond donors (Lipinski definition) is 0. The minimum atomic E-state index is -1.44. The molecule has 1 heterocycles. The van der Waals surface area contributed by atoms with E-state index in [1.165, 1.54) is 30.3 Å². The molecule has 1 aliphatic rings. The summed E-state index contributed by atoms with van der Waals surface area (Å²) in [6.45, 7) is 1.10. The van der Waals surface area contributed by atoms with Crippen molar-refractivity contribution >= 4 is 17.9 Å². The molecule has 10 heteroatoms. The Morgan fingerprint density at radius 1 is 0.810 bits per heavy atom. The Labute approximate surface area is 241 Å². The molecule has 1 fully saturated rings. The molecule has 1 saturated heterocycles. The summed E-state index contributed by atoms with van der Waals surface area (Å²) in [6, 6.07) is 16.0. The van der Waals surface area contributed by atoms with E-state index in [-0.39, 0.29) is 23.4 Å². The maximum absolute atomic E-state index is 14.0. The number of epoxide rings is 1. The van der Waals surface area contributed by atoms with Crippen LogP contribution in [0.15, 0.2) is 60.7 Å². The van der Waals surface area contributed by atoms with Gasteiger partial charge in [0.2, 0.25) is 5.82 Å². The summed E-state index contributed by atoms with van der Waals surface area (Å²) in [7, 11) is 0.